The number of esters is 1. The second-order valence-corrected chi connectivity index (χ2v) is 5.74. The summed E-state index contributed by atoms with van der Waals surface area (Å²) in [6.45, 7) is 5.15. The Balaban J connectivity index is 2.51. The average molecular weight is 309 g/mol. The summed E-state index contributed by atoms with van der Waals surface area (Å²) >= 11 is 0. The van der Waals surface area contributed by atoms with Crippen LogP contribution in [0.1, 0.15) is 26.3 Å². The van der Waals surface area contributed by atoms with Crippen molar-refractivity contribution in [2.45, 2.75) is 33.0 Å². The number of benzene rings is 1. The number of amides is 1. The van der Waals surface area contributed by atoms with E-state index in [1.54, 1.807) is 20.8 Å². The third-order valence-corrected chi connectivity index (χ3v) is 2.50. The van der Waals surface area contributed by atoms with Crippen LogP contribution in [0.5, 0.6) is 0 Å². The van der Waals surface area contributed by atoms with Gasteiger partial charge in [0.15, 0.2) is 0 Å². The molecule has 0 fully saturated rings. The highest BCUT2D eigenvalue weighted by molar-refractivity contribution is 5.78. The summed E-state index contributed by atoms with van der Waals surface area (Å²) in [5.41, 5.74) is 0.239. The summed E-state index contributed by atoms with van der Waals surface area (Å²) in [5, 5.41) is 0. The summed E-state index contributed by atoms with van der Waals surface area (Å²) < 4.78 is 15.3. The number of ether oxygens (including phenoxy) is 3. The maximum Gasteiger partial charge on any atom is 0.412 e. The SMILES string of the molecule is COCN(CC(=O)OCc1ccccc1)C(=O)OC(C)(C)C. The molecule has 0 aliphatic rings. The Kier molecular flexibility index (Phi) is 6.85. The van der Waals surface area contributed by atoms with Gasteiger partial charge in [0, 0.05) is 7.11 Å². The number of nitrogens with zero attached hydrogens (tertiary/aromatic N) is 1. The number of hydrogen-bond donors (Lipinski definition) is 0. The lowest BCUT2D eigenvalue weighted by Crippen LogP contribution is -2.41. The highest BCUT2D eigenvalue weighted by atomic mass is 16.6. The van der Waals surface area contributed by atoms with E-state index in [9.17, 15) is 9.59 Å². The van der Waals surface area contributed by atoms with Gasteiger partial charge in [0.1, 0.15) is 25.5 Å². The normalized spacial score (nSPS) is 10.9. The number of rotatable bonds is 6. The standard InChI is InChI=1S/C16H23NO5/c1-16(2,3)22-15(19)17(12-20-4)10-14(18)21-11-13-8-6-5-7-9-13/h5-9H,10-12H2,1-4H3. The van der Waals surface area contributed by atoms with Crippen molar-refractivity contribution >= 4 is 12.1 Å². The highest BCUT2D eigenvalue weighted by Gasteiger charge is 2.24. The number of hydrogen-bond acceptors (Lipinski definition) is 5. The molecule has 1 amide bonds. The lowest BCUT2D eigenvalue weighted by atomic mass is 10.2. The van der Waals surface area contributed by atoms with Crippen LogP contribution >= 0.6 is 0 Å². The Morgan fingerprint density at radius 1 is 1.14 bits per heavy atom. The molecule has 0 aromatic heterocycles. The smallest absolute Gasteiger partial charge is 0.412 e. The van der Waals surface area contributed by atoms with Crippen molar-refractivity contribution in [1.29, 1.82) is 0 Å². The Labute approximate surface area is 131 Å². The molecule has 0 saturated heterocycles. The number of carbonyl (C=O) groups excluding carboxylic acids is 2. The summed E-state index contributed by atoms with van der Waals surface area (Å²) in [4.78, 5) is 25.0. The van der Waals surface area contributed by atoms with Crippen LogP contribution in [0.25, 0.3) is 0 Å². The fourth-order valence-corrected chi connectivity index (χ4v) is 1.58. The lowest BCUT2D eigenvalue weighted by Gasteiger charge is -2.26. The average Bonchev–Trinajstić information content (AvgIpc) is 2.44. The van der Waals surface area contributed by atoms with Crippen molar-refractivity contribution in [1.82, 2.24) is 4.90 Å². The molecule has 122 valence electrons. The van der Waals surface area contributed by atoms with E-state index in [0.717, 1.165) is 10.5 Å². The minimum atomic E-state index is -0.642. The van der Waals surface area contributed by atoms with E-state index >= 15 is 0 Å². The predicted molar refractivity (Wildman–Crippen MR) is 81.1 cm³/mol. The van der Waals surface area contributed by atoms with Crippen molar-refractivity contribution < 1.29 is 23.8 Å². The first-order chi connectivity index (χ1) is 10.3. The van der Waals surface area contributed by atoms with E-state index in [-0.39, 0.29) is 19.9 Å². The molecule has 1 rings (SSSR count). The minimum absolute atomic E-state index is 0.0463. The van der Waals surface area contributed by atoms with Crippen molar-refractivity contribution in [3.05, 3.63) is 35.9 Å². The molecule has 0 saturated carbocycles. The summed E-state index contributed by atoms with van der Waals surface area (Å²) in [5.74, 6) is -0.522. The van der Waals surface area contributed by atoms with E-state index in [1.807, 2.05) is 30.3 Å². The zero-order valence-corrected chi connectivity index (χ0v) is 13.5. The van der Waals surface area contributed by atoms with Gasteiger partial charge in [-0.25, -0.2) is 4.79 Å². The van der Waals surface area contributed by atoms with Crippen LogP contribution in [0.2, 0.25) is 0 Å². The second-order valence-electron chi connectivity index (χ2n) is 5.74. The maximum absolute atomic E-state index is 12.0. The maximum atomic E-state index is 12.0. The molecule has 0 atom stereocenters. The van der Waals surface area contributed by atoms with E-state index < -0.39 is 17.7 Å². The van der Waals surface area contributed by atoms with Crippen LogP contribution in [0.4, 0.5) is 4.79 Å². The van der Waals surface area contributed by atoms with Gasteiger partial charge in [-0.2, -0.15) is 0 Å². The van der Waals surface area contributed by atoms with Crippen molar-refractivity contribution in [2.75, 3.05) is 20.4 Å². The molecule has 6 nitrogen and oxygen atoms in total. The van der Waals surface area contributed by atoms with E-state index in [1.165, 1.54) is 7.11 Å². The Morgan fingerprint density at radius 2 is 1.77 bits per heavy atom. The molecule has 0 aliphatic carbocycles. The van der Waals surface area contributed by atoms with E-state index in [0.29, 0.717) is 0 Å². The third kappa shape index (κ3) is 7.08. The molecule has 0 bridgehead atoms. The molecular formula is C16H23NO5. The molecule has 0 radical (unpaired) electrons. The first-order valence-corrected chi connectivity index (χ1v) is 6.98. The van der Waals surface area contributed by atoms with Crippen molar-refractivity contribution in [3.63, 3.8) is 0 Å². The van der Waals surface area contributed by atoms with Gasteiger partial charge in [-0.05, 0) is 26.3 Å². The van der Waals surface area contributed by atoms with Crippen LogP contribution in [0.15, 0.2) is 30.3 Å². The topological polar surface area (TPSA) is 65.1 Å². The van der Waals surface area contributed by atoms with Crippen LogP contribution in [-0.2, 0) is 25.6 Å². The first kappa shape index (κ1) is 18.0. The van der Waals surface area contributed by atoms with Gasteiger partial charge < -0.3 is 14.2 Å². The molecule has 0 spiro atoms. The molecule has 1 aromatic rings. The van der Waals surface area contributed by atoms with Crippen LogP contribution in [0, 0.1) is 0 Å². The van der Waals surface area contributed by atoms with Gasteiger partial charge in [0.2, 0.25) is 0 Å². The van der Waals surface area contributed by atoms with E-state index in [2.05, 4.69) is 0 Å². The van der Waals surface area contributed by atoms with Crippen LogP contribution in [0.3, 0.4) is 0 Å². The fraction of sp³-hybridized carbons (Fsp3) is 0.500. The van der Waals surface area contributed by atoms with Gasteiger partial charge in [-0.1, -0.05) is 30.3 Å². The molecule has 6 heteroatoms. The molecule has 22 heavy (non-hydrogen) atoms. The van der Waals surface area contributed by atoms with Gasteiger partial charge in [0.25, 0.3) is 0 Å². The lowest BCUT2D eigenvalue weighted by molar-refractivity contribution is -0.147. The second kappa shape index (κ2) is 8.38. The van der Waals surface area contributed by atoms with E-state index in [4.69, 9.17) is 14.2 Å². The van der Waals surface area contributed by atoms with Gasteiger partial charge in [-0.3, -0.25) is 9.69 Å². The molecule has 0 N–H and O–H groups in total. The van der Waals surface area contributed by atoms with Crippen molar-refractivity contribution in [3.8, 4) is 0 Å². The zero-order chi connectivity index (χ0) is 16.6. The van der Waals surface area contributed by atoms with Gasteiger partial charge in [-0.15, -0.1) is 0 Å². The Hall–Kier alpha value is -2.08. The largest absolute Gasteiger partial charge is 0.459 e. The monoisotopic (exact) mass is 309 g/mol. The van der Waals surface area contributed by atoms with Gasteiger partial charge >= 0.3 is 12.1 Å². The Bertz CT molecular complexity index is 481. The van der Waals surface area contributed by atoms with Crippen molar-refractivity contribution in [2.24, 2.45) is 0 Å². The molecule has 0 heterocycles. The molecule has 0 unspecified atom stereocenters. The summed E-state index contributed by atoms with van der Waals surface area (Å²) in [7, 11) is 1.44. The molecular weight excluding hydrogens is 286 g/mol. The summed E-state index contributed by atoms with van der Waals surface area (Å²) in [6.07, 6.45) is -0.619. The molecule has 1 aromatic carbocycles. The predicted octanol–water partition coefficient (Wildman–Crippen LogP) is 2.57. The fourth-order valence-electron chi connectivity index (χ4n) is 1.58. The quantitative estimate of drug-likeness (QED) is 0.597. The highest BCUT2D eigenvalue weighted by Crippen LogP contribution is 2.10. The third-order valence-electron chi connectivity index (χ3n) is 2.50. The van der Waals surface area contributed by atoms with Crippen LogP contribution in [-0.4, -0.2) is 42.9 Å². The zero-order valence-electron chi connectivity index (χ0n) is 13.5. The first-order valence-electron chi connectivity index (χ1n) is 6.98. The van der Waals surface area contributed by atoms with Gasteiger partial charge in [0.05, 0.1) is 0 Å². The number of methoxy groups -OCH3 is 1. The number of carbonyl (C=O) groups is 2. The minimum Gasteiger partial charge on any atom is -0.459 e. The van der Waals surface area contributed by atoms with Crippen LogP contribution < -0.4 is 0 Å². The Morgan fingerprint density at radius 3 is 2.32 bits per heavy atom. The summed E-state index contributed by atoms with van der Waals surface area (Å²) in [6, 6.07) is 9.32. The molecule has 0 aliphatic heterocycles.